The van der Waals surface area contributed by atoms with Gasteiger partial charge in [0.2, 0.25) is 0 Å². The van der Waals surface area contributed by atoms with E-state index < -0.39 is 12.2 Å². The number of amides is 2. The van der Waals surface area contributed by atoms with Crippen molar-refractivity contribution in [2.45, 2.75) is 46.1 Å². The first-order valence-corrected chi connectivity index (χ1v) is 8.59. The molecule has 0 rings (SSSR count). The minimum atomic E-state index is -0.432. The molecule has 8 heteroatoms. The lowest BCUT2D eigenvalue weighted by Crippen LogP contribution is -2.34. The van der Waals surface area contributed by atoms with E-state index in [1.54, 1.807) is 0 Å². The molecule has 0 bridgehead atoms. The lowest BCUT2D eigenvalue weighted by molar-refractivity contribution is 0.0774. The lowest BCUT2D eigenvalue weighted by atomic mass is 10.1. The number of nitrogens with one attached hydrogen (secondary N) is 2. The van der Waals surface area contributed by atoms with Crippen LogP contribution in [0.4, 0.5) is 9.59 Å². The van der Waals surface area contributed by atoms with E-state index >= 15 is 0 Å². The minimum Gasteiger partial charge on any atom is -0.447 e. The van der Waals surface area contributed by atoms with Crippen LogP contribution in [0.5, 0.6) is 0 Å². The first-order valence-electron chi connectivity index (χ1n) is 8.59. The number of carbonyl (C=O) groups is 2. The molecule has 0 saturated heterocycles. The molecule has 0 spiro atoms. The maximum absolute atomic E-state index is 11.5. The number of ether oxygens (including phenoxy) is 4. The van der Waals surface area contributed by atoms with Crippen LogP contribution < -0.4 is 10.6 Å². The van der Waals surface area contributed by atoms with Crippen molar-refractivity contribution in [1.82, 2.24) is 10.6 Å². The van der Waals surface area contributed by atoms with Crippen LogP contribution in [-0.4, -0.2) is 64.4 Å². The van der Waals surface area contributed by atoms with Crippen molar-refractivity contribution in [3.63, 3.8) is 0 Å². The highest BCUT2D eigenvalue weighted by molar-refractivity contribution is 5.67. The van der Waals surface area contributed by atoms with E-state index in [1.807, 2.05) is 20.8 Å². The molecule has 142 valence electrons. The van der Waals surface area contributed by atoms with E-state index in [-0.39, 0.29) is 19.3 Å². The number of alkyl carbamates (subject to hydrolysis) is 2. The highest BCUT2D eigenvalue weighted by Gasteiger charge is 2.08. The Morgan fingerprint density at radius 2 is 1.46 bits per heavy atom. The van der Waals surface area contributed by atoms with Crippen molar-refractivity contribution >= 4 is 12.2 Å². The van der Waals surface area contributed by atoms with Gasteiger partial charge in [0.25, 0.3) is 0 Å². The number of hydrogen-bond acceptors (Lipinski definition) is 6. The summed E-state index contributed by atoms with van der Waals surface area (Å²) in [5, 5.41) is 5.42. The van der Waals surface area contributed by atoms with Crippen molar-refractivity contribution in [3.05, 3.63) is 0 Å². The third-order valence-corrected chi connectivity index (χ3v) is 3.03. The number of carbonyl (C=O) groups excluding carboxylic acids is 2. The Hall–Kier alpha value is -1.54. The van der Waals surface area contributed by atoms with Crippen molar-refractivity contribution < 1.29 is 28.5 Å². The molecule has 0 aliphatic carbocycles. The largest absolute Gasteiger partial charge is 0.447 e. The SMILES string of the molecule is CCOCCOC(=O)NCCCCC(C)NC(=O)OCCOCC. The van der Waals surface area contributed by atoms with Crippen LogP contribution in [0.1, 0.15) is 40.0 Å². The van der Waals surface area contributed by atoms with Crippen LogP contribution in [0.2, 0.25) is 0 Å². The Labute approximate surface area is 144 Å². The molecule has 2 N–H and O–H groups in total. The molecule has 0 aromatic carbocycles. The van der Waals surface area contributed by atoms with Gasteiger partial charge in [0.15, 0.2) is 0 Å². The molecule has 0 aromatic rings. The normalized spacial score (nSPS) is 11.6. The second-order valence-electron chi connectivity index (χ2n) is 5.13. The molecular weight excluding hydrogens is 316 g/mol. The quantitative estimate of drug-likeness (QED) is 0.467. The fourth-order valence-corrected chi connectivity index (χ4v) is 1.81. The van der Waals surface area contributed by atoms with E-state index in [1.165, 1.54) is 0 Å². The number of unbranched alkanes of at least 4 members (excludes halogenated alkanes) is 1. The summed E-state index contributed by atoms with van der Waals surface area (Å²) in [5.41, 5.74) is 0. The van der Waals surface area contributed by atoms with Crippen molar-refractivity contribution in [2.24, 2.45) is 0 Å². The van der Waals surface area contributed by atoms with Crippen LogP contribution in [0.3, 0.4) is 0 Å². The second-order valence-corrected chi connectivity index (χ2v) is 5.13. The van der Waals surface area contributed by atoms with Gasteiger partial charge in [-0.15, -0.1) is 0 Å². The van der Waals surface area contributed by atoms with Crippen LogP contribution in [-0.2, 0) is 18.9 Å². The summed E-state index contributed by atoms with van der Waals surface area (Å²) in [6, 6.07) is 0.0164. The minimum absolute atomic E-state index is 0.0164. The molecule has 8 nitrogen and oxygen atoms in total. The molecule has 1 unspecified atom stereocenters. The molecular formula is C16H32N2O6. The first-order chi connectivity index (χ1) is 11.6. The maximum atomic E-state index is 11.5. The van der Waals surface area contributed by atoms with Gasteiger partial charge in [-0.3, -0.25) is 0 Å². The zero-order chi connectivity index (χ0) is 18.0. The van der Waals surface area contributed by atoms with Gasteiger partial charge in [0.1, 0.15) is 13.2 Å². The van der Waals surface area contributed by atoms with E-state index in [2.05, 4.69) is 10.6 Å². The van der Waals surface area contributed by atoms with E-state index in [0.717, 1.165) is 19.3 Å². The molecule has 0 aromatic heterocycles. The Bertz CT molecular complexity index is 328. The smallest absolute Gasteiger partial charge is 0.407 e. The highest BCUT2D eigenvalue weighted by atomic mass is 16.6. The summed E-state index contributed by atoms with van der Waals surface area (Å²) in [6.07, 6.45) is 1.63. The topological polar surface area (TPSA) is 95.1 Å². The van der Waals surface area contributed by atoms with Crippen LogP contribution >= 0.6 is 0 Å². The first kappa shape index (κ1) is 22.5. The van der Waals surface area contributed by atoms with Gasteiger partial charge in [-0.05, 0) is 40.0 Å². The number of rotatable bonds is 14. The average Bonchev–Trinajstić information content (AvgIpc) is 2.55. The van der Waals surface area contributed by atoms with Gasteiger partial charge >= 0.3 is 12.2 Å². The fourth-order valence-electron chi connectivity index (χ4n) is 1.81. The van der Waals surface area contributed by atoms with Gasteiger partial charge in [-0.1, -0.05) is 0 Å². The van der Waals surface area contributed by atoms with E-state index in [9.17, 15) is 9.59 Å². The Morgan fingerprint density at radius 1 is 0.875 bits per heavy atom. The maximum Gasteiger partial charge on any atom is 0.407 e. The standard InChI is InChI=1S/C16H32N2O6/c1-4-21-10-12-23-15(19)17-9-7-6-8-14(3)18-16(20)24-13-11-22-5-2/h14H,4-13H2,1-3H3,(H,17,19)(H,18,20). The van der Waals surface area contributed by atoms with Gasteiger partial charge < -0.3 is 29.6 Å². The molecule has 2 amide bonds. The summed E-state index contributed by atoms with van der Waals surface area (Å²) in [4.78, 5) is 22.8. The van der Waals surface area contributed by atoms with Crippen molar-refractivity contribution in [2.75, 3.05) is 46.2 Å². The molecule has 1 atom stereocenters. The van der Waals surface area contributed by atoms with Crippen LogP contribution in [0, 0.1) is 0 Å². The Morgan fingerprint density at radius 3 is 2.04 bits per heavy atom. The monoisotopic (exact) mass is 348 g/mol. The predicted molar refractivity (Wildman–Crippen MR) is 90.1 cm³/mol. The molecule has 0 fully saturated rings. The van der Waals surface area contributed by atoms with Crippen LogP contribution in [0.25, 0.3) is 0 Å². The molecule has 0 saturated carbocycles. The van der Waals surface area contributed by atoms with Gasteiger partial charge in [-0.25, -0.2) is 9.59 Å². The molecule has 24 heavy (non-hydrogen) atoms. The summed E-state index contributed by atoms with van der Waals surface area (Å²) in [6.45, 7) is 8.77. The fraction of sp³-hybridized carbons (Fsp3) is 0.875. The van der Waals surface area contributed by atoms with E-state index in [0.29, 0.717) is 33.0 Å². The summed E-state index contributed by atoms with van der Waals surface area (Å²) in [5.74, 6) is 0. The molecule has 0 heterocycles. The highest BCUT2D eigenvalue weighted by Crippen LogP contribution is 2.00. The van der Waals surface area contributed by atoms with Gasteiger partial charge in [-0.2, -0.15) is 0 Å². The Balaban J connectivity index is 3.46. The third kappa shape index (κ3) is 15.4. The average molecular weight is 348 g/mol. The summed E-state index contributed by atoms with van der Waals surface area (Å²) in [7, 11) is 0. The zero-order valence-electron chi connectivity index (χ0n) is 15.1. The summed E-state index contributed by atoms with van der Waals surface area (Å²) >= 11 is 0. The second kappa shape index (κ2) is 16.3. The predicted octanol–water partition coefficient (Wildman–Crippen LogP) is 2.07. The van der Waals surface area contributed by atoms with Crippen LogP contribution in [0.15, 0.2) is 0 Å². The van der Waals surface area contributed by atoms with Crippen molar-refractivity contribution in [1.29, 1.82) is 0 Å². The summed E-state index contributed by atoms with van der Waals surface area (Å²) < 4.78 is 20.0. The van der Waals surface area contributed by atoms with Gasteiger partial charge in [0, 0.05) is 25.8 Å². The molecule has 0 radical (unpaired) electrons. The van der Waals surface area contributed by atoms with E-state index in [4.69, 9.17) is 18.9 Å². The van der Waals surface area contributed by atoms with Crippen molar-refractivity contribution in [3.8, 4) is 0 Å². The number of hydrogen-bond donors (Lipinski definition) is 2. The zero-order valence-corrected chi connectivity index (χ0v) is 15.1. The molecule has 0 aliphatic rings. The molecule has 0 aliphatic heterocycles. The lowest BCUT2D eigenvalue weighted by Gasteiger charge is -2.14. The van der Waals surface area contributed by atoms with Gasteiger partial charge in [0.05, 0.1) is 13.2 Å². The Kier molecular flexibility index (Phi) is 15.3. The third-order valence-electron chi connectivity index (χ3n) is 3.03.